The Bertz CT molecular complexity index is 328. The molecule has 89 valence electrons. The number of hydrogen-bond acceptors (Lipinski definition) is 2. The van der Waals surface area contributed by atoms with E-state index < -0.39 is 5.60 Å². The molecule has 1 unspecified atom stereocenters. The molecule has 1 atom stereocenters. The topological polar surface area (TPSA) is 38.0 Å². The van der Waals surface area contributed by atoms with E-state index in [0.717, 1.165) is 17.8 Å². The number of hydrogen-bond donors (Lipinski definition) is 1. The molecule has 0 aliphatic carbocycles. The van der Waals surface area contributed by atoms with Crippen LogP contribution in [0.4, 0.5) is 0 Å². The zero-order chi connectivity index (χ0) is 11.6. The van der Waals surface area contributed by atoms with Crippen molar-refractivity contribution in [3.63, 3.8) is 0 Å². The zero-order valence-electron chi connectivity index (χ0n) is 10.9. The fourth-order valence-corrected chi connectivity index (χ4v) is 1.42. The number of aliphatic hydroxyl groups is 1. The van der Waals surface area contributed by atoms with Gasteiger partial charge in [-0.25, -0.2) is 5.10 Å². The van der Waals surface area contributed by atoms with Crippen LogP contribution in [0.2, 0.25) is 0 Å². The number of nitrogens with zero attached hydrogens (tertiary/aromatic N) is 2. The van der Waals surface area contributed by atoms with Crippen molar-refractivity contribution in [2.45, 2.75) is 59.1 Å². The van der Waals surface area contributed by atoms with Crippen molar-refractivity contribution in [1.29, 1.82) is 0 Å². The molecule has 0 aromatic carbocycles. The van der Waals surface area contributed by atoms with E-state index in [0.29, 0.717) is 12.5 Å². The Balaban J connectivity index is 0.00000225. The SMILES string of the molecule is CCC(C)c1[c-]c(C)n(CC(C)(C)O)n1.[Y]. The summed E-state index contributed by atoms with van der Waals surface area (Å²) in [6.07, 6.45) is 1.06. The molecule has 1 heterocycles. The second-order valence-corrected chi connectivity index (χ2v) is 4.88. The predicted octanol–water partition coefficient (Wildman–Crippen LogP) is 2.27. The predicted molar refractivity (Wildman–Crippen MR) is 60.8 cm³/mol. The molecule has 1 aromatic heterocycles. The molecule has 1 N–H and O–H groups in total. The molecular formula is C12H21N2OY-. The van der Waals surface area contributed by atoms with Crippen LogP contribution in [0.25, 0.3) is 0 Å². The Morgan fingerprint density at radius 3 is 2.50 bits per heavy atom. The van der Waals surface area contributed by atoms with Crippen molar-refractivity contribution < 1.29 is 37.8 Å². The van der Waals surface area contributed by atoms with Crippen LogP contribution in [0.3, 0.4) is 0 Å². The van der Waals surface area contributed by atoms with Crippen molar-refractivity contribution in [2.24, 2.45) is 0 Å². The van der Waals surface area contributed by atoms with Crippen LogP contribution in [-0.2, 0) is 39.3 Å². The van der Waals surface area contributed by atoms with Crippen molar-refractivity contribution in [3.8, 4) is 0 Å². The maximum atomic E-state index is 9.73. The molecule has 0 spiro atoms. The van der Waals surface area contributed by atoms with Gasteiger partial charge in [0.25, 0.3) is 0 Å². The quantitative estimate of drug-likeness (QED) is 0.866. The molecule has 1 rings (SSSR count). The van der Waals surface area contributed by atoms with E-state index in [2.05, 4.69) is 25.0 Å². The summed E-state index contributed by atoms with van der Waals surface area (Å²) in [5.41, 5.74) is 1.27. The number of aryl methyl sites for hydroxylation is 1. The summed E-state index contributed by atoms with van der Waals surface area (Å²) in [5, 5.41) is 14.2. The van der Waals surface area contributed by atoms with Crippen LogP contribution in [0.15, 0.2) is 0 Å². The van der Waals surface area contributed by atoms with Gasteiger partial charge in [0, 0.05) is 32.7 Å². The van der Waals surface area contributed by atoms with Gasteiger partial charge in [-0.1, -0.05) is 27.2 Å². The molecular weight excluding hydrogens is 277 g/mol. The molecule has 1 radical (unpaired) electrons. The van der Waals surface area contributed by atoms with Crippen LogP contribution in [0, 0.1) is 13.0 Å². The standard InChI is InChI=1S/C12H21N2O.Y/c1-6-9(2)11-7-10(3)14(13-11)8-12(4,5)15;/h9,15H,6,8H2,1-5H3;/q-1;. The third-order valence-electron chi connectivity index (χ3n) is 2.54. The number of aromatic nitrogens is 2. The van der Waals surface area contributed by atoms with Gasteiger partial charge >= 0.3 is 0 Å². The van der Waals surface area contributed by atoms with Crippen molar-refractivity contribution >= 4 is 0 Å². The second-order valence-electron chi connectivity index (χ2n) is 4.88. The molecule has 3 nitrogen and oxygen atoms in total. The molecule has 0 fully saturated rings. The Labute approximate surface area is 124 Å². The molecule has 1 aromatic rings. The largest absolute Gasteiger partial charge is 0.425 e. The Hall–Kier alpha value is 0.274. The van der Waals surface area contributed by atoms with Gasteiger partial charge in [0.05, 0.1) is 12.1 Å². The number of rotatable bonds is 4. The molecule has 0 bridgehead atoms. The van der Waals surface area contributed by atoms with Gasteiger partial charge in [-0.15, -0.1) is 11.4 Å². The summed E-state index contributed by atoms with van der Waals surface area (Å²) in [5.74, 6) is 0.437. The van der Waals surface area contributed by atoms with Crippen molar-refractivity contribution in [3.05, 3.63) is 17.5 Å². The van der Waals surface area contributed by atoms with Gasteiger partial charge in [0.1, 0.15) is 0 Å². The Kier molecular flexibility index (Phi) is 6.38. The minimum Gasteiger partial charge on any atom is -0.425 e. The first-order chi connectivity index (χ1) is 6.83. The fraction of sp³-hybridized carbons (Fsp3) is 0.750. The van der Waals surface area contributed by atoms with Crippen molar-refractivity contribution in [1.82, 2.24) is 9.78 Å². The smallest absolute Gasteiger partial charge is 0.0785 e. The fourth-order valence-electron chi connectivity index (χ4n) is 1.42. The van der Waals surface area contributed by atoms with E-state index in [9.17, 15) is 5.11 Å². The maximum Gasteiger partial charge on any atom is 0.0785 e. The summed E-state index contributed by atoms with van der Waals surface area (Å²) in [4.78, 5) is 0. The third-order valence-corrected chi connectivity index (χ3v) is 2.54. The van der Waals surface area contributed by atoms with Crippen LogP contribution >= 0.6 is 0 Å². The van der Waals surface area contributed by atoms with E-state index in [-0.39, 0.29) is 32.7 Å². The molecule has 0 aliphatic heterocycles. The zero-order valence-corrected chi connectivity index (χ0v) is 13.7. The first-order valence-corrected chi connectivity index (χ1v) is 5.52. The van der Waals surface area contributed by atoms with Gasteiger partial charge in [0.15, 0.2) is 0 Å². The summed E-state index contributed by atoms with van der Waals surface area (Å²) in [6, 6.07) is 3.26. The van der Waals surface area contributed by atoms with E-state index >= 15 is 0 Å². The van der Waals surface area contributed by atoms with E-state index in [1.165, 1.54) is 0 Å². The van der Waals surface area contributed by atoms with E-state index in [1.54, 1.807) is 13.8 Å². The molecule has 0 saturated heterocycles. The van der Waals surface area contributed by atoms with Gasteiger partial charge in [-0.2, -0.15) is 0 Å². The first-order valence-electron chi connectivity index (χ1n) is 5.52. The van der Waals surface area contributed by atoms with Crippen LogP contribution in [-0.4, -0.2) is 20.5 Å². The molecule has 16 heavy (non-hydrogen) atoms. The molecule has 0 saturated carbocycles. The van der Waals surface area contributed by atoms with Gasteiger partial charge < -0.3 is 15.9 Å². The van der Waals surface area contributed by atoms with E-state index in [4.69, 9.17) is 0 Å². The van der Waals surface area contributed by atoms with Gasteiger partial charge in [-0.3, -0.25) is 0 Å². The minimum atomic E-state index is -0.725. The monoisotopic (exact) mass is 298 g/mol. The molecule has 0 amide bonds. The summed E-state index contributed by atoms with van der Waals surface area (Å²) >= 11 is 0. The van der Waals surface area contributed by atoms with E-state index in [1.807, 2.05) is 11.6 Å². The second kappa shape index (κ2) is 6.27. The molecule has 0 aliphatic rings. The van der Waals surface area contributed by atoms with Crippen LogP contribution in [0.5, 0.6) is 0 Å². The van der Waals surface area contributed by atoms with Gasteiger partial charge in [0.2, 0.25) is 0 Å². The third kappa shape index (κ3) is 4.64. The maximum absolute atomic E-state index is 9.73. The van der Waals surface area contributed by atoms with Crippen LogP contribution < -0.4 is 0 Å². The minimum absolute atomic E-state index is 0. The van der Waals surface area contributed by atoms with Crippen molar-refractivity contribution in [2.75, 3.05) is 0 Å². The average molecular weight is 298 g/mol. The Morgan fingerprint density at radius 2 is 2.06 bits per heavy atom. The van der Waals surface area contributed by atoms with Gasteiger partial charge in [-0.05, 0) is 19.8 Å². The summed E-state index contributed by atoms with van der Waals surface area (Å²) < 4.78 is 1.83. The van der Waals surface area contributed by atoms with Crippen LogP contribution in [0.1, 0.15) is 51.4 Å². The average Bonchev–Trinajstić information content (AvgIpc) is 2.44. The summed E-state index contributed by atoms with van der Waals surface area (Å²) in [6.45, 7) is 10.4. The molecule has 4 heteroatoms. The first kappa shape index (κ1) is 16.3. The Morgan fingerprint density at radius 1 is 1.50 bits per heavy atom. The normalized spacial score (nSPS) is 13.4. The summed E-state index contributed by atoms with van der Waals surface area (Å²) in [7, 11) is 0.